The van der Waals surface area contributed by atoms with Gasteiger partial charge in [-0.3, -0.25) is 0 Å². The molecule has 1 heterocycles. The van der Waals surface area contributed by atoms with E-state index in [1.54, 1.807) is 5.57 Å². The lowest BCUT2D eigenvalue weighted by Gasteiger charge is -2.44. The van der Waals surface area contributed by atoms with Crippen LogP contribution in [0.4, 0.5) is 0 Å². The van der Waals surface area contributed by atoms with Crippen molar-refractivity contribution in [3.05, 3.63) is 35.5 Å². The highest BCUT2D eigenvalue weighted by molar-refractivity contribution is 5.73. The third-order valence-corrected chi connectivity index (χ3v) is 10.6. The summed E-state index contributed by atoms with van der Waals surface area (Å²) in [4.78, 5) is 11.4. The van der Waals surface area contributed by atoms with Crippen LogP contribution in [-0.4, -0.2) is 73.9 Å². The minimum Gasteiger partial charge on any atom is -0.479 e. The molecule has 4 fully saturated rings. The quantitative estimate of drug-likeness (QED) is 0.268. The molecule has 8 heteroatoms. The zero-order valence-corrected chi connectivity index (χ0v) is 25.3. The van der Waals surface area contributed by atoms with E-state index < -0.39 is 42.3 Å². The van der Waals surface area contributed by atoms with Gasteiger partial charge >= 0.3 is 5.97 Å². The lowest BCUT2D eigenvalue weighted by molar-refractivity contribution is -0.317. The average molecular weight is 577 g/mol. The van der Waals surface area contributed by atoms with E-state index in [0.29, 0.717) is 30.6 Å². The number of aliphatic hydroxyl groups is 4. The number of ether oxygens (including phenoxy) is 2. The molecule has 1 saturated heterocycles. The Morgan fingerprint density at radius 1 is 1.12 bits per heavy atom. The van der Waals surface area contributed by atoms with Gasteiger partial charge in [0, 0.05) is 0 Å². The Labute approximate surface area is 245 Å². The second-order valence-electron chi connectivity index (χ2n) is 14.0. The molecule has 3 aliphatic carbocycles. The number of carboxylic acids is 1. The van der Waals surface area contributed by atoms with Crippen molar-refractivity contribution in [1.82, 2.24) is 0 Å². The van der Waals surface area contributed by atoms with E-state index in [1.807, 2.05) is 13.8 Å². The predicted molar refractivity (Wildman–Crippen MR) is 156 cm³/mol. The summed E-state index contributed by atoms with van der Waals surface area (Å²) in [5.74, 6) is 0.353. The van der Waals surface area contributed by atoms with Crippen LogP contribution in [-0.2, 0) is 14.3 Å². The molecule has 8 nitrogen and oxygen atoms in total. The second-order valence-corrected chi connectivity index (χ2v) is 14.0. The summed E-state index contributed by atoms with van der Waals surface area (Å²) in [5.41, 5.74) is 3.48. The van der Waals surface area contributed by atoms with E-state index in [0.717, 1.165) is 37.7 Å². The van der Waals surface area contributed by atoms with E-state index in [2.05, 4.69) is 32.6 Å². The zero-order valence-electron chi connectivity index (χ0n) is 25.3. The summed E-state index contributed by atoms with van der Waals surface area (Å²) < 4.78 is 11.3. The number of carboxylic acid groups (broad SMARTS) is 1. The minimum absolute atomic E-state index is 0.254. The highest BCUT2D eigenvalue weighted by Gasteiger charge is 2.51. The summed E-state index contributed by atoms with van der Waals surface area (Å²) in [6, 6.07) is 0. The second kappa shape index (κ2) is 13.0. The molecule has 41 heavy (non-hydrogen) atoms. The Bertz CT molecular complexity index is 1020. The molecule has 0 spiro atoms. The van der Waals surface area contributed by atoms with E-state index in [4.69, 9.17) is 9.47 Å². The Morgan fingerprint density at radius 2 is 1.85 bits per heavy atom. The highest BCUT2D eigenvalue weighted by atomic mass is 16.7. The molecule has 5 N–H and O–H groups in total. The van der Waals surface area contributed by atoms with Crippen LogP contribution in [0, 0.1) is 23.2 Å². The number of aliphatic carboxylic acids is 1. The molecule has 0 radical (unpaired) electrons. The Hall–Kier alpha value is -1.55. The molecule has 1 unspecified atom stereocenters. The molecule has 232 valence electrons. The van der Waals surface area contributed by atoms with Crippen molar-refractivity contribution in [1.29, 1.82) is 0 Å². The van der Waals surface area contributed by atoms with Crippen LogP contribution in [0.1, 0.15) is 98.3 Å². The lowest BCUT2D eigenvalue weighted by Crippen LogP contribution is -2.61. The van der Waals surface area contributed by atoms with Gasteiger partial charge in [0.25, 0.3) is 0 Å². The van der Waals surface area contributed by atoms with Gasteiger partial charge in [0.15, 0.2) is 12.4 Å². The fraction of sp³-hybridized carbons (Fsp3) is 0.788. The molecular formula is C33H52O8. The minimum atomic E-state index is -1.73. The summed E-state index contributed by atoms with van der Waals surface area (Å²) in [6.07, 6.45) is 7.44. The molecule has 0 aromatic heterocycles. The van der Waals surface area contributed by atoms with Gasteiger partial charge in [0.2, 0.25) is 0 Å². The third kappa shape index (κ3) is 7.16. The van der Waals surface area contributed by atoms with Gasteiger partial charge in [-0.25, -0.2) is 4.79 Å². The number of rotatable bonds is 9. The van der Waals surface area contributed by atoms with Crippen molar-refractivity contribution in [3.8, 4) is 0 Å². The lowest BCUT2D eigenvalue weighted by atomic mass is 9.60. The fourth-order valence-corrected chi connectivity index (χ4v) is 8.18. The Kier molecular flexibility index (Phi) is 10.2. The normalized spacial score (nSPS) is 41.0. The molecule has 4 aliphatic rings. The van der Waals surface area contributed by atoms with E-state index in [-0.39, 0.29) is 11.5 Å². The highest BCUT2D eigenvalue weighted by Crippen LogP contribution is 2.60. The number of aliphatic hydroxyl groups excluding tert-OH is 4. The number of allylic oxidation sites excluding steroid dienone is 4. The first-order chi connectivity index (χ1) is 19.2. The maximum atomic E-state index is 11.4. The topological polar surface area (TPSA) is 137 Å². The van der Waals surface area contributed by atoms with Gasteiger partial charge < -0.3 is 35.0 Å². The van der Waals surface area contributed by atoms with Crippen molar-refractivity contribution in [3.63, 3.8) is 0 Å². The molecule has 0 aromatic rings. The van der Waals surface area contributed by atoms with Crippen molar-refractivity contribution < 1.29 is 39.8 Å². The monoisotopic (exact) mass is 576 g/mol. The third-order valence-electron chi connectivity index (χ3n) is 10.6. The molecule has 0 aromatic carbocycles. The van der Waals surface area contributed by atoms with Crippen molar-refractivity contribution in [2.24, 2.45) is 23.2 Å². The van der Waals surface area contributed by atoms with Crippen LogP contribution < -0.4 is 0 Å². The molecule has 0 bridgehead atoms. The van der Waals surface area contributed by atoms with Crippen LogP contribution in [0.3, 0.4) is 0 Å². The van der Waals surface area contributed by atoms with Crippen molar-refractivity contribution >= 4 is 5.97 Å². The number of fused-ring (bicyclic) bond motifs is 1. The molecule has 0 amide bonds. The zero-order chi connectivity index (χ0) is 30.1. The van der Waals surface area contributed by atoms with Gasteiger partial charge in [-0.1, -0.05) is 56.6 Å². The first kappa shape index (κ1) is 32.4. The number of carbonyl (C=O) groups is 1. The van der Waals surface area contributed by atoms with Gasteiger partial charge in [-0.2, -0.15) is 0 Å². The average Bonchev–Trinajstić information content (AvgIpc) is 3.26. The summed E-state index contributed by atoms with van der Waals surface area (Å²) >= 11 is 0. The van der Waals surface area contributed by atoms with Gasteiger partial charge in [-0.05, 0) is 100 Å². The predicted octanol–water partition coefficient (Wildman–Crippen LogP) is 4.65. The summed E-state index contributed by atoms with van der Waals surface area (Å²) in [6.45, 7) is 12.8. The number of hydrogen-bond acceptors (Lipinski definition) is 7. The van der Waals surface area contributed by atoms with Crippen molar-refractivity contribution in [2.75, 3.05) is 0 Å². The van der Waals surface area contributed by atoms with E-state index in [1.165, 1.54) is 31.3 Å². The summed E-state index contributed by atoms with van der Waals surface area (Å²) in [7, 11) is 0. The van der Waals surface area contributed by atoms with Gasteiger partial charge in [-0.15, -0.1) is 0 Å². The van der Waals surface area contributed by atoms with E-state index in [9.17, 15) is 30.3 Å². The van der Waals surface area contributed by atoms with E-state index >= 15 is 0 Å². The SMILES string of the molecule is C=C1CC[C@H](O)C/C1=C/C=C1\CCC[C@]2(C)C([C@H](C)CCCC(C)(C)O[C@@H]3O[C@H](C(=O)O)[C@@H](O)[C@H](O)[C@H]3O)CC[C@@H]12. The first-order valence-corrected chi connectivity index (χ1v) is 15.6. The van der Waals surface area contributed by atoms with Crippen LogP contribution >= 0.6 is 0 Å². The maximum absolute atomic E-state index is 11.4. The first-order valence-electron chi connectivity index (χ1n) is 15.6. The molecule has 1 aliphatic heterocycles. The van der Waals surface area contributed by atoms with Crippen molar-refractivity contribution in [2.45, 2.75) is 141 Å². The van der Waals surface area contributed by atoms with Gasteiger partial charge in [0.1, 0.15) is 18.3 Å². The van der Waals surface area contributed by atoms with Gasteiger partial charge in [0.05, 0.1) is 11.7 Å². The molecule has 10 atom stereocenters. The fourth-order valence-electron chi connectivity index (χ4n) is 8.18. The number of hydrogen-bond donors (Lipinski definition) is 5. The largest absolute Gasteiger partial charge is 0.479 e. The smallest absolute Gasteiger partial charge is 0.335 e. The standard InChI is InChI=1S/C33H52O8/c1-19-10-13-23(34)18-22(19)12-11-21-9-7-17-33(5)24(14-15-25(21)33)20(2)8-6-16-32(3,4)41-31-28(37)26(35)27(36)29(40-31)30(38)39/h11-12,20,23-29,31,34-37H,1,6-10,13-18H2,2-5H3,(H,38,39)/b21-11+,22-12-/t20-,23+,24?,25+,26+,27+,28-,29+,31+,33-/m1/s1. The maximum Gasteiger partial charge on any atom is 0.335 e. The Morgan fingerprint density at radius 3 is 2.56 bits per heavy atom. The molecule has 4 rings (SSSR count). The summed E-state index contributed by atoms with van der Waals surface area (Å²) in [5, 5.41) is 49.8. The molecule has 3 saturated carbocycles. The van der Waals surface area contributed by atoms with Crippen LogP contribution in [0.25, 0.3) is 0 Å². The molecular weight excluding hydrogens is 524 g/mol. The van der Waals surface area contributed by atoms with Crippen LogP contribution in [0.5, 0.6) is 0 Å². The van der Waals surface area contributed by atoms with Crippen LogP contribution in [0.2, 0.25) is 0 Å². The van der Waals surface area contributed by atoms with Crippen LogP contribution in [0.15, 0.2) is 35.5 Å². The Balaban J connectivity index is 1.33.